The summed E-state index contributed by atoms with van der Waals surface area (Å²) in [5, 5.41) is 2.77. The molecule has 0 aromatic heterocycles. The van der Waals surface area contributed by atoms with E-state index in [0.29, 0.717) is 17.9 Å². The fourth-order valence-electron chi connectivity index (χ4n) is 2.16. The van der Waals surface area contributed by atoms with Gasteiger partial charge in [-0.15, -0.1) is 0 Å². The van der Waals surface area contributed by atoms with E-state index in [9.17, 15) is 13.2 Å². The highest BCUT2D eigenvalue weighted by molar-refractivity contribution is 7.88. The summed E-state index contributed by atoms with van der Waals surface area (Å²) in [6.07, 6.45) is 0. The van der Waals surface area contributed by atoms with E-state index >= 15 is 0 Å². The van der Waals surface area contributed by atoms with Gasteiger partial charge in [-0.05, 0) is 36.7 Å². The number of nitrogens with one attached hydrogen (secondary N) is 2. The molecule has 1 amide bonds. The molecule has 0 unspecified atom stereocenters. The van der Waals surface area contributed by atoms with Gasteiger partial charge in [-0.1, -0.05) is 42.5 Å². The van der Waals surface area contributed by atoms with Crippen molar-refractivity contribution in [3.05, 3.63) is 65.2 Å². The number of para-hydroxylation sites is 1. The van der Waals surface area contributed by atoms with Crippen LogP contribution in [0.25, 0.3) is 0 Å². The molecule has 6 nitrogen and oxygen atoms in total. The van der Waals surface area contributed by atoms with Gasteiger partial charge in [0, 0.05) is 6.54 Å². The van der Waals surface area contributed by atoms with Crippen LogP contribution >= 0.6 is 0 Å². The molecule has 2 N–H and O–H groups in total. The lowest BCUT2D eigenvalue weighted by Crippen LogP contribution is -2.28. The molecule has 134 valence electrons. The van der Waals surface area contributed by atoms with Gasteiger partial charge in [0.25, 0.3) is 5.91 Å². The monoisotopic (exact) mass is 362 g/mol. The molecule has 0 bridgehead atoms. The molecule has 0 aliphatic carbocycles. The molecule has 25 heavy (non-hydrogen) atoms. The fourth-order valence-corrected chi connectivity index (χ4v) is 2.93. The molecular weight excluding hydrogens is 340 g/mol. The van der Waals surface area contributed by atoms with Crippen molar-refractivity contribution < 1.29 is 17.9 Å². The van der Waals surface area contributed by atoms with Gasteiger partial charge in [0.1, 0.15) is 5.75 Å². The predicted molar refractivity (Wildman–Crippen MR) is 96.6 cm³/mol. The number of aryl methyl sites for hydroxylation is 1. The van der Waals surface area contributed by atoms with Crippen molar-refractivity contribution in [3.63, 3.8) is 0 Å². The van der Waals surface area contributed by atoms with Gasteiger partial charge >= 0.3 is 0 Å². The average Bonchev–Trinajstić information content (AvgIpc) is 2.60. The number of ether oxygens (including phenoxy) is 1. The number of rotatable bonds is 8. The highest BCUT2D eigenvalue weighted by Crippen LogP contribution is 2.15. The quantitative estimate of drug-likeness (QED) is 0.749. The molecule has 0 radical (unpaired) electrons. The first kappa shape index (κ1) is 19.0. The average molecular weight is 362 g/mol. The Kier molecular flexibility index (Phi) is 6.55. The van der Waals surface area contributed by atoms with E-state index < -0.39 is 10.0 Å². The van der Waals surface area contributed by atoms with Gasteiger partial charge in [-0.25, -0.2) is 13.1 Å². The third-order valence-electron chi connectivity index (χ3n) is 3.63. The SMILES string of the molecule is CNS(=O)(=O)Cc1ccc(CNC(=O)COc2ccccc2C)cc1. The molecule has 0 spiro atoms. The van der Waals surface area contributed by atoms with Gasteiger partial charge in [-0.3, -0.25) is 4.79 Å². The van der Waals surface area contributed by atoms with Crippen LogP contribution in [0.1, 0.15) is 16.7 Å². The smallest absolute Gasteiger partial charge is 0.258 e. The van der Waals surface area contributed by atoms with Crippen LogP contribution in [0.5, 0.6) is 5.75 Å². The molecule has 0 atom stereocenters. The van der Waals surface area contributed by atoms with E-state index in [-0.39, 0.29) is 18.3 Å². The summed E-state index contributed by atoms with van der Waals surface area (Å²) in [6, 6.07) is 14.6. The second-order valence-corrected chi connectivity index (χ2v) is 7.54. The molecule has 0 fully saturated rings. The summed E-state index contributed by atoms with van der Waals surface area (Å²) in [7, 11) is -1.90. The summed E-state index contributed by atoms with van der Waals surface area (Å²) in [5.41, 5.74) is 2.55. The van der Waals surface area contributed by atoms with Crippen LogP contribution in [-0.2, 0) is 27.1 Å². The second kappa shape index (κ2) is 8.64. The van der Waals surface area contributed by atoms with Gasteiger partial charge in [-0.2, -0.15) is 0 Å². The first-order valence-corrected chi connectivity index (χ1v) is 9.49. The minimum absolute atomic E-state index is 0.0522. The van der Waals surface area contributed by atoms with E-state index in [2.05, 4.69) is 10.0 Å². The number of sulfonamides is 1. The maximum atomic E-state index is 11.9. The molecule has 0 heterocycles. The molecule has 2 aromatic carbocycles. The zero-order chi connectivity index (χ0) is 18.3. The van der Waals surface area contributed by atoms with Crippen LogP contribution in [0.2, 0.25) is 0 Å². The summed E-state index contributed by atoms with van der Waals surface area (Å²) < 4.78 is 30.8. The number of benzene rings is 2. The number of amides is 1. The van der Waals surface area contributed by atoms with Crippen molar-refractivity contribution in [2.75, 3.05) is 13.7 Å². The van der Waals surface area contributed by atoms with Crippen LogP contribution < -0.4 is 14.8 Å². The second-order valence-electron chi connectivity index (χ2n) is 5.61. The van der Waals surface area contributed by atoms with Crippen molar-refractivity contribution in [1.82, 2.24) is 10.0 Å². The van der Waals surface area contributed by atoms with Crippen molar-refractivity contribution in [3.8, 4) is 5.75 Å². The highest BCUT2D eigenvalue weighted by Gasteiger charge is 2.08. The largest absolute Gasteiger partial charge is 0.484 e. The van der Waals surface area contributed by atoms with Crippen LogP contribution in [0.3, 0.4) is 0 Å². The normalized spacial score (nSPS) is 11.1. The Hall–Kier alpha value is -2.38. The third kappa shape index (κ3) is 6.21. The lowest BCUT2D eigenvalue weighted by atomic mass is 10.1. The standard InChI is InChI=1S/C18H22N2O4S/c1-14-5-3-4-6-17(14)24-12-18(21)20-11-15-7-9-16(10-8-15)13-25(22,23)19-2/h3-10,19H,11-13H2,1-2H3,(H,20,21). The van der Waals surface area contributed by atoms with E-state index in [1.165, 1.54) is 7.05 Å². The molecule has 0 aliphatic rings. The van der Waals surface area contributed by atoms with Crippen molar-refractivity contribution in [2.45, 2.75) is 19.2 Å². The number of carbonyl (C=O) groups is 1. The Morgan fingerprint density at radius 2 is 1.68 bits per heavy atom. The Morgan fingerprint density at radius 1 is 1.04 bits per heavy atom. The maximum Gasteiger partial charge on any atom is 0.258 e. The summed E-state index contributed by atoms with van der Waals surface area (Å²) in [6.45, 7) is 2.22. The highest BCUT2D eigenvalue weighted by atomic mass is 32.2. The van der Waals surface area contributed by atoms with Gasteiger partial charge < -0.3 is 10.1 Å². The molecule has 2 rings (SSSR count). The van der Waals surface area contributed by atoms with Crippen LogP contribution in [0.15, 0.2) is 48.5 Å². The minimum atomic E-state index is -3.28. The van der Waals surface area contributed by atoms with Gasteiger partial charge in [0.05, 0.1) is 5.75 Å². The van der Waals surface area contributed by atoms with Crippen LogP contribution in [0.4, 0.5) is 0 Å². The minimum Gasteiger partial charge on any atom is -0.484 e. The van der Waals surface area contributed by atoms with Crippen molar-refractivity contribution in [2.24, 2.45) is 0 Å². The summed E-state index contributed by atoms with van der Waals surface area (Å²) in [5.74, 6) is 0.401. The maximum absolute atomic E-state index is 11.9. The first-order chi connectivity index (χ1) is 11.9. The van der Waals surface area contributed by atoms with E-state index in [0.717, 1.165) is 11.1 Å². The summed E-state index contributed by atoms with van der Waals surface area (Å²) in [4.78, 5) is 11.9. The van der Waals surface area contributed by atoms with E-state index in [4.69, 9.17) is 4.74 Å². The zero-order valence-electron chi connectivity index (χ0n) is 14.3. The first-order valence-electron chi connectivity index (χ1n) is 7.84. The third-order valence-corrected chi connectivity index (χ3v) is 4.97. The Labute approximate surface area is 148 Å². The van der Waals surface area contributed by atoms with Crippen LogP contribution in [0, 0.1) is 6.92 Å². The van der Waals surface area contributed by atoms with Gasteiger partial charge in [0.15, 0.2) is 6.61 Å². The molecule has 0 saturated carbocycles. The lowest BCUT2D eigenvalue weighted by Gasteiger charge is -2.10. The molecule has 0 saturated heterocycles. The molecular formula is C18H22N2O4S. The van der Waals surface area contributed by atoms with Crippen molar-refractivity contribution in [1.29, 1.82) is 0 Å². The Bertz CT molecular complexity index is 817. The molecule has 2 aromatic rings. The molecule has 0 aliphatic heterocycles. The Balaban J connectivity index is 1.81. The van der Waals surface area contributed by atoms with Crippen molar-refractivity contribution >= 4 is 15.9 Å². The number of carbonyl (C=O) groups excluding carboxylic acids is 1. The number of hydrogen-bond donors (Lipinski definition) is 2. The molecule has 7 heteroatoms. The van der Waals surface area contributed by atoms with Gasteiger partial charge in [0.2, 0.25) is 10.0 Å². The predicted octanol–water partition coefficient (Wildman–Crippen LogP) is 1.74. The topological polar surface area (TPSA) is 84.5 Å². The van der Waals surface area contributed by atoms with E-state index in [1.807, 2.05) is 31.2 Å². The Morgan fingerprint density at radius 3 is 2.32 bits per heavy atom. The summed E-state index contributed by atoms with van der Waals surface area (Å²) >= 11 is 0. The zero-order valence-corrected chi connectivity index (χ0v) is 15.1. The lowest BCUT2D eigenvalue weighted by molar-refractivity contribution is -0.123. The van der Waals surface area contributed by atoms with Crippen LogP contribution in [-0.4, -0.2) is 28.0 Å². The van der Waals surface area contributed by atoms with E-state index in [1.54, 1.807) is 24.3 Å². The fraction of sp³-hybridized carbons (Fsp3) is 0.278. The number of hydrogen-bond acceptors (Lipinski definition) is 4.